The van der Waals surface area contributed by atoms with Gasteiger partial charge in [-0.1, -0.05) is 0 Å². The summed E-state index contributed by atoms with van der Waals surface area (Å²) in [7, 11) is 1.51. The molecule has 0 aromatic heterocycles. The van der Waals surface area contributed by atoms with Crippen LogP contribution in [0, 0.1) is 29.0 Å². The first-order valence-corrected chi connectivity index (χ1v) is 10.1. The van der Waals surface area contributed by atoms with Crippen LogP contribution in [0.4, 0.5) is 23.2 Å². The summed E-state index contributed by atoms with van der Waals surface area (Å²) in [5.74, 6) is -5.67. The molecule has 0 unspecified atom stereocenters. The molecule has 0 radical (unpaired) electrons. The van der Waals surface area contributed by atoms with Gasteiger partial charge in [0.25, 0.3) is 0 Å². The number of amides is 2. The zero-order chi connectivity index (χ0) is 24.3. The molecule has 2 bridgehead atoms. The Balaban J connectivity index is 1.72. The van der Waals surface area contributed by atoms with Crippen molar-refractivity contribution in [3.8, 4) is 6.07 Å². The van der Waals surface area contributed by atoms with Crippen molar-refractivity contribution in [3.05, 3.63) is 40.7 Å². The van der Waals surface area contributed by atoms with Crippen LogP contribution in [0.2, 0.25) is 0 Å². The van der Waals surface area contributed by atoms with Gasteiger partial charge < -0.3 is 14.2 Å². The van der Waals surface area contributed by atoms with E-state index in [-0.39, 0.29) is 13.2 Å². The molecular formula is C22H20F4N2O5. The van der Waals surface area contributed by atoms with Crippen molar-refractivity contribution < 1.29 is 41.4 Å². The first-order chi connectivity index (χ1) is 15.4. The molecule has 4 rings (SSSR count). The van der Waals surface area contributed by atoms with Crippen LogP contribution < -0.4 is 4.90 Å². The molecule has 0 aliphatic carbocycles. The molecule has 0 saturated carbocycles. The monoisotopic (exact) mass is 468 g/mol. The highest BCUT2D eigenvalue weighted by atomic mass is 19.4. The number of carbonyl (C=O) groups excluding carboxylic acids is 2. The zero-order valence-electron chi connectivity index (χ0n) is 18.0. The molecule has 2 fully saturated rings. The topological polar surface area (TPSA) is 88.9 Å². The summed E-state index contributed by atoms with van der Waals surface area (Å²) < 4.78 is 71.9. The first-order valence-electron chi connectivity index (χ1n) is 10.1. The maximum atomic E-state index is 15.0. The van der Waals surface area contributed by atoms with E-state index >= 15 is 4.39 Å². The van der Waals surface area contributed by atoms with Gasteiger partial charge in [-0.3, -0.25) is 9.59 Å². The van der Waals surface area contributed by atoms with Crippen molar-refractivity contribution in [3.63, 3.8) is 0 Å². The third-order valence-corrected chi connectivity index (χ3v) is 6.50. The number of ether oxygens (including phenoxy) is 3. The highest BCUT2D eigenvalue weighted by Crippen LogP contribution is 2.60. The molecular weight excluding hydrogens is 448 g/mol. The average Bonchev–Trinajstić information content (AvgIpc) is 3.25. The first kappa shape index (κ1) is 23.4. The lowest BCUT2D eigenvalue weighted by Gasteiger charge is -2.30. The summed E-state index contributed by atoms with van der Waals surface area (Å²) in [5, 5.41) is 8.97. The minimum absolute atomic E-state index is 0.101. The van der Waals surface area contributed by atoms with Gasteiger partial charge in [-0.15, -0.1) is 0 Å². The Hall–Kier alpha value is -2.81. The van der Waals surface area contributed by atoms with Crippen LogP contribution in [-0.2, 0) is 30.0 Å². The predicted molar refractivity (Wildman–Crippen MR) is 104 cm³/mol. The lowest BCUT2D eigenvalue weighted by atomic mass is 9.69. The molecule has 33 heavy (non-hydrogen) atoms. The van der Waals surface area contributed by atoms with Crippen molar-refractivity contribution in [2.24, 2.45) is 11.8 Å². The van der Waals surface area contributed by atoms with Gasteiger partial charge in [0.15, 0.2) is 5.82 Å². The zero-order valence-corrected chi connectivity index (χ0v) is 18.0. The molecule has 0 spiro atoms. The van der Waals surface area contributed by atoms with Gasteiger partial charge in [0.05, 0.1) is 54.6 Å². The molecule has 3 aliphatic rings. The fourth-order valence-electron chi connectivity index (χ4n) is 5.11. The van der Waals surface area contributed by atoms with Crippen LogP contribution in [0.3, 0.4) is 0 Å². The number of imide groups is 1. The Morgan fingerprint density at radius 2 is 1.85 bits per heavy atom. The summed E-state index contributed by atoms with van der Waals surface area (Å²) in [6.07, 6.45) is -3.51. The average molecular weight is 468 g/mol. The Labute approximate surface area is 186 Å². The number of carbonyl (C=O) groups is 2. The number of alkyl halides is 3. The van der Waals surface area contributed by atoms with Gasteiger partial charge in [0.2, 0.25) is 11.8 Å². The van der Waals surface area contributed by atoms with Crippen LogP contribution in [0.1, 0.15) is 25.0 Å². The van der Waals surface area contributed by atoms with Crippen molar-refractivity contribution in [2.45, 2.75) is 31.2 Å². The standard InChI is InChI=1S/C22H20F4N2O5/c1-20-8-12(10-32-7-6-31-3)21(2,33-20)16-15(20)18(29)28(19(16)30)13-5-4-11(9-27)14(17(13)23)22(24,25)26/h4-5,8,15-16H,6-7,10H2,1-3H3/t15-,16+,20-,21+/m0/s1. The highest BCUT2D eigenvalue weighted by Gasteiger charge is 2.73. The van der Waals surface area contributed by atoms with E-state index in [0.717, 1.165) is 12.1 Å². The number of hydrogen-bond donors (Lipinski definition) is 0. The van der Waals surface area contributed by atoms with Crippen molar-refractivity contribution in [1.82, 2.24) is 0 Å². The molecule has 2 amide bonds. The van der Waals surface area contributed by atoms with E-state index < -0.39 is 63.7 Å². The Morgan fingerprint density at radius 1 is 1.18 bits per heavy atom. The molecule has 3 heterocycles. The minimum Gasteiger partial charge on any atom is -0.382 e. The second kappa shape index (κ2) is 7.62. The van der Waals surface area contributed by atoms with E-state index in [1.807, 2.05) is 0 Å². The number of methoxy groups -OCH3 is 1. The summed E-state index contributed by atoms with van der Waals surface area (Å²) in [4.78, 5) is 27.0. The number of anilines is 1. The molecule has 0 N–H and O–H groups in total. The van der Waals surface area contributed by atoms with Gasteiger partial charge in [0.1, 0.15) is 11.2 Å². The maximum absolute atomic E-state index is 15.0. The van der Waals surface area contributed by atoms with Crippen molar-refractivity contribution in [2.75, 3.05) is 31.8 Å². The smallest absolute Gasteiger partial charge is 0.382 e. The van der Waals surface area contributed by atoms with Crippen molar-refractivity contribution in [1.29, 1.82) is 5.26 Å². The number of halogens is 4. The molecule has 176 valence electrons. The number of hydrogen-bond acceptors (Lipinski definition) is 6. The van der Waals surface area contributed by atoms with E-state index in [4.69, 9.17) is 19.5 Å². The number of fused-ring (bicyclic) bond motifs is 5. The molecule has 4 atom stereocenters. The van der Waals surface area contributed by atoms with E-state index in [1.54, 1.807) is 19.9 Å². The van der Waals surface area contributed by atoms with E-state index in [2.05, 4.69) is 0 Å². The van der Waals surface area contributed by atoms with Crippen LogP contribution in [0.5, 0.6) is 0 Å². The molecule has 7 nitrogen and oxygen atoms in total. The van der Waals surface area contributed by atoms with Crippen LogP contribution in [0.25, 0.3) is 0 Å². The fourth-order valence-corrected chi connectivity index (χ4v) is 5.11. The van der Waals surface area contributed by atoms with E-state index in [9.17, 15) is 22.8 Å². The normalized spacial score (nSPS) is 30.6. The predicted octanol–water partition coefficient (Wildman–Crippen LogP) is 2.97. The maximum Gasteiger partial charge on any atom is 0.420 e. The van der Waals surface area contributed by atoms with Gasteiger partial charge >= 0.3 is 6.18 Å². The van der Waals surface area contributed by atoms with Gasteiger partial charge in [-0.2, -0.15) is 18.4 Å². The summed E-state index contributed by atoms with van der Waals surface area (Å²) in [6, 6.07) is 2.88. The Bertz CT molecular complexity index is 1110. The SMILES string of the molecule is COCCOCC1=C[C@]2(C)O[C@@]1(C)[C@H]1C(=O)N(c3ccc(C#N)c(C(F)(F)F)c3F)C(=O)[C@H]12. The lowest BCUT2D eigenvalue weighted by molar-refractivity contribution is -0.140. The fraction of sp³-hybridized carbons (Fsp3) is 0.500. The van der Waals surface area contributed by atoms with Crippen molar-refractivity contribution >= 4 is 17.5 Å². The lowest BCUT2D eigenvalue weighted by Crippen LogP contribution is -2.42. The number of nitrogens with zero attached hydrogens (tertiary/aromatic N) is 2. The third kappa shape index (κ3) is 3.27. The molecule has 1 aromatic rings. The third-order valence-electron chi connectivity index (χ3n) is 6.50. The summed E-state index contributed by atoms with van der Waals surface area (Å²) in [5.41, 5.74) is -5.44. The van der Waals surface area contributed by atoms with E-state index in [0.29, 0.717) is 17.1 Å². The molecule has 3 aliphatic heterocycles. The largest absolute Gasteiger partial charge is 0.420 e. The molecule has 2 saturated heterocycles. The summed E-state index contributed by atoms with van der Waals surface area (Å²) in [6.45, 7) is 3.94. The van der Waals surface area contributed by atoms with Gasteiger partial charge in [-0.05, 0) is 37.6 Å². The van der Waals surface area contributed by atoms with Gasteiger partial charge in [-0.25, -0.2) is 9.29 Å². The number of nitriles is 1. The number of rotatable bonds is 6. The molecule has 11 heteroatoms. The minimum atomic E-state index is -5.19. The van der Waals surface area contributed by atoms with Crippen LogP contribution in [0.15, 0.2) is 23.8 Å². The second-order valence-electron chi connectivity index (χ2n) is 8.51. The Morgan fingerprint density at radius 3 is 2.45 bits per heavy atom. The summed E-state index contributed by atoms with van der Waals surface area (Å²) >= 11 is 0. The van der Waals surface area contributed by atoms with Gasteiger partial charge in [0, 0.05) is 7.11 Å². The molecule has 1 aromatic carbocycles. The number of benzene rings is 1. The van der Waals surface area contributed by atoms with E-state index in [1.165, 1.54) is 13.2 Å². The van der Waals surface area contributed by atoms with Crippen LogP contribution >= 0.6 is 0 Å². The second-order valence-corrected chi connectivity index (χ2v) is 8.51. The quantitative estimate of drug-likeness (QED) is 0.276. The Kier molecular flexibility index (Phi) is 5.39. The van der Waals surface area contributed by atoms with Crippen LogP contribution in [-0.4, -0.2) is 49.9 Å². The highest BCUT2D eigenvalue weighted by molar-refractivity contribution is 6.23.